The molecule has 1 heterocycles. The quantitative estimate of drug-likeness (QED) is 0.419. The van der Waals surface area contributed by atoms with Crippen LogP contribution in [0, 0.1) is 17.0 Å². The van der Waals surface area contributed by atoms with Gasteiger partial charge >= 0.3 is 0 Å². The number of hydrazone groups is 1. The number of hydrogen-bond acceptors (Lipinski definition) is 6. The predicted octanol–water partition coefficient (Wildman–Crippen LogP) is 3.89. The van der Waals surface area contributed by atoms with Gasteiger partial charge in [0.25, 0.3) is 11.6 Å². The summed E-state index contributed by atoms with van der Waals surface area (Å²) in [5, 5.41) is 15.4. The standard InChI is InChI=1S/C18H15N3O4S/c1-11-7-12(3-5-15(11)25-2)10-19-20-18(22)17-9-13-8-14(21(23)24)4-6-16(13)26-17/h3-10H,1-2H3,(H,20,22). The van der Waals surface area contributed by atoms with E-state index in [0.717, 1.165) is 21.6 Å². The third kappa shape index (κ3) is 3.70. The Kier molecular flexibility index (Phi) is 4.94. The summed E-state index contributed by atoms with van der Waals surface area (Å²) in [6.07, 6.45) is 1.54. The molecule has 0 unspecified atom stereocenters. The molecular weight excluding hydrogens is 354 g/mol. The lowest BCUT2D eigenvalue weighted by Crippen LogP contribution is -2.16. The van der Waals surface area contributed by atoms with Crippen molar-refractivity contribution in [1.29, 1.82) is 0 Å². The highest BCUT2D eigenvalue weighted by Gasteiger charge is 2.12. The molecule has 0 saturated heterocycles. The van der Waals surface area contributed by atoms with Crippen LogP contribution in [0.3, 0.4) is 0 Å². The number of benzene rings is 2. The topological polar surface area (TPSA) is 93.8 Å². The Morgan fingerprint density at radius 1 is 1.27 bits per heavy atom. The van der Waals surface area contributed by atoms with Gasteiger partial charge in [-0.25, -0.2) is 5.43 Å². The van der Waals surface area contributed by atoms with E-state index in [1.807, 2.05) is 25.1 Å². The Hall–Kier alpha value is -3.26. The van der Waals surface area contributed by atoms with E-state index in [2.05, 4.69) is 10.5 Å². The van der Waals surface area contributed by atoms with Crippen LogP contribution in [0.25, 0.3) is 10.1 Å². The number of thiophene rings is 1. The largest absolute Gasteiger partial charge is 0.496 e. The van der Waals surface area contributed by atoms with Crippen molar-refractivity contribution in [3.05, 3.63) is 68.6 Å². The molecule has 0 aliphatic rings. The van der Waals surface area contributed by atoms with Crippen molar-refractivity contribution in [2.75, 3.05) is 7.11 Å². The maximum absolute atomic E-state index is 12.2. The van der Waals surface area contributed by atoms with Crippen molar-refractivity contribution in [3.63, 3.8) is 0 Å². The van der Waals surface area contributed by atoms with E-state index in [1.165, 1.54) is 23.5 Å². The van der Waals surface area contributed by atoms with Gasteiger partial charge in [-0.15, -0.1) is 11.3 Å². The molecule has 1 N–H and O–H groups in total. The van der Waals surface area contributed by atoms with Crippen LogP contribution in [0.4, 0.5) is 5.69 Å². The van der Waals surface area contributed by atoms with Crippen LogP contribution in [0.1, 0.15) is 20.8 Å². The number of nitrogens with zero attached hydrogens (tertiary/aromatic N) is 2. The van der Waals surface area contributed by atoms with E-state index in [0.29, 0.717) is 10.3 Å². The number of amides is 1. The van der Waals surface area contributed by atoms with Gasteiger partial charge in [0, 0.05) is 22.2 Å². The van der Waals surface area contributed by atoms with Crippen LogP contribution in [0.15, 0.2) is 47.6 Å². The van der Waals surface area contributed by atoms with Crippen LogP contribution in [-0.4, -0.2) is 24.2 Å². The van der Waals surface area contributed by atoms with E-state index in [4.69, 9.17) is 4.74 Å². The second kappa shape index (κ2) is 7.32. The number of ether oxygens (including phenoxy) is 1. The fraction of sp³-hybridized carbons (Fsp3) is 0.111. The Morgan fingerprint density at radius 3 is 2.77 bits per heavy atom. The van der Waals surface area contributed by atoms with Crippen molar-refractivity contribution in [2.45, 2.75) is 6.92 Å². The first kappa shape index (κ1) is 17.6. The SMILES string of the molecule is COc1ccc(C=NNC(=O)c2cc3cc([N+](=O)[O-])ccc3s2)cc1C. The summed E-state index contributed by atoms with van der Waals surface area (Å²) in [7, 11) is 1.61. The number of carbonyl (C=O) groups excluding carboxylic acids is 1. The van der Waals surface area contributed by atoms with Gasteiger partial charge in [-0.1, -0.05) is 0 Å². The lowest BCUT2D eigenvalue weighted by molar-refractivity contribution is -0.384. The number of nitro benzene ring substituents is 1. The van der Waals surface area contributed by atoms with Crippen LogP contribution in [0.5, 0.6) is 5.75 Å². The molecule has 1 aromatic heterocycles. The molecule has 132 valence electrons. The zero-order valence-electron chi connectivity index (χ0n) is 14.1. The monoisotopic (exact) mass is 369 g/mol. The molecule has 0 atom stereocenters. The van der Waals surface area contributed by atoms with Crippen LogP contribution in [-0.2, 0) is 0 Å². The predicted molar refractivity (Wildman–Crippen MR) is 101 cm³/mol. The number of aryl methyl sites for hydroxylation is 1. The molecule has 0 radical (unpaired) electrons. The molecule has 0 bridgehead atoms. The second-order valence-electron chi connectivity index (χ2n) is 5.52. The number of nitrogens with one attached hydrogen (secondary N) is 1. The zero-order chi connectivity index (χ0) is 18.7. The summed E-state index contributed by atoms with van der Waals surface area (Å²) < 4.78 is 6.00. The summed E-state index contributed by atoms with van der Waals surface area (Å²) in [6, 6.07) is 11.7. The van der Waals surface area contributed by atoms with Gasteiger partial charge in [-0.05, 0) is 48.4 Å². The number of carbonyl (C=O) groups is 1. The van der Waals surface area contributed by atoms with Crippen LogP contribution in [0.2, 0.25) is 0 Å². The zero-order valence-corrected chi connectivity index (χ0v) is 14.9. The molecule has 0 aliphatic carbocycles. The number of nitro groups is 1. The average Bonchev–Trinajstić information content (AvgIpc) is 3.05. The molecule has 1 amide bonds. The summed E-state index contributed by atoms with van der Waals surface area (Å²) in [4.78, 5) is 23.0. The lowest BCUT2D eigenvalue weighted by Gasteiger charge is -2.04. The highest BCUT2D eigenvalue weighted by atomic mass is 32.1. The van der Waals surface area contributed by atoms with E-state index in [-0.39, 0.29) is 11.6 Å². The fourth-order valence-electron chi connectivity index (χ4n) is 2.46. The summed E-state index contributed by atoms with van der Waals surface area (Å²) in [5.74, 6) is 0.417. The number of fused-ring (bicyclic) bond motifs is 1. The molecule has 26 heavy (non-hydrogen) atoms. The van der Waals surface area contributed by atoms with Gasteiger partial charge in [-0.2, -0.15) is 5.10 Å². The first-order valence-corrected chi connectivity index (χ1v) is 8.45. The molecule has 3 aromatic rings. The molecular formula is C18H15N3O4S. The highest BCUT2D eigenvalue weighted by Crippen LogP contribution is 2.28. The maximum Gasteiger partial charge on any atom is 0.281 e. The van der Waals surface area contributed by atoms with Crippen molar-refractivity contribution in [1.82, 2.24) is 5.43 Å². The first-order valence-electron chi connectivity index (χ1n) is 7.64. The number of hydrogen-bond donors (Lipinski definition) is 1. The maximum atomic E-state index is 12.2. The molecule has 0 fully saturated rings. The molecule has 0 saturated carbocycles. The molecule has 0 spiro atoms. The van der Waals surface area contributed by atoms with Gasteiger partial charge in [0.1, 0.15) is 5.75 Å². The first-order chi connectivity index (χ1) is 12.5. The minimum atomic E-state index is -0.460. The van der Waals surface area contributed by atoms with Crippen molar-refractivity contribution in [2.24, 2.45) is 5.10 Å². The molecule has 2 aromatic carbocycles. The second-order valence-corrected chi connectivity index (χ2v) is 6.60. The van der Waals surface area contributed by atoms with Gasteiger partial charge in [-0.3, -0.25) is 14.9 Å². The summed E-state index contributed by atoms with van der Waals surface area (Å²) in [6.45, 7) is 1.92. The van der Waals surface area contributed by atoms with Crippen molar-refractivity contribution in [3.8, 4) is 5.75 Å². The van der Waals surface area contributed by atoms with Gasteiger partial charge in [0.15, 0.2) is 0 Å². The fourth-order valence-corrected chi connectivity index (χ4v) is 3.39. The molecule has 0 aliphatic heterocycles. The third-order valence-corrected chi connectivity index (χ3v) is 4.85. The summed E-state index contributed by atoms with van der Waals surface area (Å²) >= 11 is 1.25. The van der Waals surface area contributed by atoms with E-state index in [1.54, 1.807) is 25.5 Å². The Bertz CT molecular complexity index is 1030. The molecule has 8 heteroatoms. The van der Waals surface area contributed by atoms with Crippen LogP contribution >= 0.6 is 11.3 Å². The minimum absolute atomic E-state index is 0.00449. The van der Waals surface area contributed by atoms with Crippen LogP contribution < -0.4 is 10.2 Å². The van der Waals surface area contributed by atoms with Crippen molar-refractivity contribution < 1.29 is 14.5 Å². The minimum Gasteiger partial charge on any atom is -0.496 e. The van der Waals surface area contributed by atoms with Gasteiger partial charge < -0.3 is 4.74 Å². The lowest BCUT2D eigenvalue weighted by atomic mass is 10.1. The molecule has 3 rings (SSSR count). The van der Waals surface area contributed by atoms with Crippen molar-refractivity contribution >= 4 is 39.2 Å². The normalized spacial score (nSPS) is 11.0. The van der Waals surface area contributed by atoms with Gasteiger partial charge in [0.05, 0.1) is 23.1 Å². The third-order valence-electron chi connectivity index (χ3n) is 3.73. The smallest absolute Gasteiger partial charge is 0.281 e. The number of rotatable bonds is 5. The van der Waals surface area contributed by atoms with E-state index < -0.39 is 4.92 Å². The number of non-ortho nitro benzene ring substituents is 1. The number of methoxy groups -OCH3 is 1. The van der Waals surface area contributed by atoms with Gasteiger partial charge in [0.2, 0.25) is 0 Å². The summed E-state index contributed by atoms with van der Waals surface area (Å²) in [5.41, 5.74) is 4.26. The highest BCUT2D eigenvalue weighted by molar-refractivity contribution is 7.20. The Labute approximate surface area is 153 Å². The Morgan fingerprint density at radius 2 is 2.08 bits per heavy atom. The van der Waals surface area contributed by atoms with E-state index >= 15 is 0 Å². The Balaban J connectivity index is 1.72. The average molecular weight is 369 g/mol. The molecule has 7 nitrogen and oxygen atoms in total. The van der Waals surface area contributed by atoms with E-state index in [9.17, 15) is 14.9 Å².